The minimum absolute atomic E-state index is 0.159. The van der Waals surface area contributed by atoms with Crippen LogP contribution in [-0.4, -0.2) is 31.6 Å². The van der Waals surface area contributed by atoms with Gasteiger partial charge in [0.25, 0.3) is 0 Å². The van der Waals surface area contributed by atoms with Gasteiger partial charge in [0.05, 0.1) is 13.0 Å². The van der Waals surface area contributed by atoms with Crippen LogP contribution in [0.1, 0.15) is 12.0 Å². The first kappa shape index (κ1) is 17.0. The quantitative estimate of drug-likeness (QED) is 0.757. The number of nitrogens with one attached hydrogen (secondary N) is 2. The first-order chi connectivity index (χ1) is 12.1. The van der Waals surface area contributed by atoms with Crippen LogP contribution >= 0.6 is 0 Å². The molecular weight excluding hydrogens is 320 g/mol. The van der Waals surface area contributed by atoms with Gasteiger partial charge in [-0.25, -0.2) is 0 Å². The lowest BCUT2D eigenvalue weighted by Gasteiger charge is -2.12. The molecule has 6 nitrogen and oxygen atoms in total. The second-order valence-corrected chi connectivity index (χ2v) is 5.83. The standard InChI is InChI=1S/C19H20N2O4/c1-24-11-10-13-2-6-15(7-3-13)25-16-8-4-14(5-9-16)20-17-12-18(22)21-19(17)23/h2-9,17,20H,10-12H2,1H3,(H,21,22,23). The van der Waals surface area contributed by atoms with E-state index in [0.29, 0.717) is 12.4 Å². The molecule has 2 N–H and O–H groups in total. The highest BCUT2D eigenvalue weighted by atomic mass is 16.5. The van der Waals surface area contributed by atoms with Crippen molar-refractivity contribution in [3.05, 3.63) is 54.1 Å². The van der Waals surface area contributed by atoms with E-state index in [2.05, 4.69) is 10.6 Å². The van der Waals surface area contributed by atoms with Crippen LogP contribution in [0.3, 0.4) is 0 Å². The molecule has 0 saturated carbocycles. The molecule has 1 saturated heterocycles. The van der Waals surface area contributed by atoms with E-state index in [1.807, 2.05) is 48.5 Å². The maximum atomic E-state index is 11.6. The maximum Gasteiger partial charge on any atom is 0.249 e. The summed E-state index contributed by atoms with van der Waals surface area (Å²) in [7, 11) is 1.69. The van der Waals surface area contributed by atoms with Gasteiger partial charge >= 0.3 is 0 Å². The summed E-state index contributed by atoms with van der Waals surface area (Å²) in [5.41, 5.74) is 1.95. The van der Waals surface area contributed by atoms with Crippen LogP contribution in [0.15, 0.2) is 48.5 Å². The van der Waals surface area contributed by atoms with Crippen LogP contribution in [0.2, 0.25) is 0 Å². The third-order valence-corrected chi connectivity index (χ3v) is 3.92. The Morgan fingerprint density at radius 2 is 1.68 bits per heavy atom. The number of hydrogen-bond acceptors (Lipinski definition) is 5. The molecule has 130 valence electrons. The fourth-order valence-corrected chi connectivity index (χ4v) is 2.57. The van der Waals surface area contributed by atoms with E-state index in [1.54, 1.807) is 7.11 Å². The van der Waals surface area contributed by atoms with Crippen molar-refractivity contribution in [3.8, 4) is 11.5 Å². The van der Waals surface area contributed by atoms with Crippen molar-refractivity contribution >= 4 is 17.5 Å². The minimum atomic E-state index is -0.515. The number of imide groups is 1. The Kier molecular flexibility index (Phi) is 5.30. The fourth-order valence-electron chi connectivity index (χ4n) is 2.57. The first-order valence-electron chi connectivity index (χ1n) is 8.10. The predicted molar refractivity (Wildman–Crippen MR) is 93.7 cm³/mol. The van der Waals surface area contributed by atoms with Crippen LogP contribution in [0.25, 0.3) is 0 Å². The molecule has 1 fully saturated rings. The van der Waals surface area contributed by atoms with Gasteiger partial charge in [0.2, 0.25) is 11.8 Å². The summed E-state index contributed by atoms with van der Waals surface area (Å²) in [5.74, 6) is 0.903. The molecule has 3 rings (SSSR count). The molecule has 2 aromatic carbocycles. The molecule has 2 amide bonds. The van der Waals surface area contributed by atoms with Gasteiger partial charge < -0.3 is 14.8 Å². The Morgan fingerprint density at radius 3 is 2.24 bits per heavy atom. The number of benzene rings is 2. The van der Waals surface area contributed by atoms with Gasteiger partial charge in [-0.15, -0.1) is 0 Å². The van der Waals surface area contributed by atoms with Gasteiger partial charge in [-0.3, -0.25) is 14.9 Å². The van der Waals surface area contributed by atoms with Crippen molar-refractivity contribution in [1.29, 1.82) is 0 Å². The second kappa shape index (κ2) is 7.81. The highest BCUT2D eigenvalue weighted by Crippen LogP contribution is 2.24. The molecule has 2 aromatic rings. The molecule has 1 atom stereocenters. The molecule has 0 aliphatic carbocycles. The van der Waals surface area contributed by atoms with Crippen molar-refractivity contribution in [2.45, 2.75) is 18.9 Å². The second-order valence-electron chi connectivity index (χ2n) is 5.83. The van der Waals surface area contributed by atoms with Crippen LogP contribution in [0, 0.1) is 0 Å². The summed E-state index contributed by atoms with van der Waals surface area (Å²) in [4.78, 5) is 22.8. The molecule has 1 heterocycles. The summed E-state index contributed by atoms with van der Waals surface area (Å²) in [6.07, 6.45) is 1.03. The van der Waals surface area contributed by atoms with Gasteiger partial charge in [0.15, 0.2) is 0 Å². The molecule has 0 bridgehead atoms. The number of anilines is 1. The number of amides is 2. The minimum Gasteiger partial charge on any atom is -0.457 e. The average molecular weight is 340 g/mol. The zero-order valence-corrected chi connectivity index (χ0v) is 14.0. The normalized spacial score (nSPS) is 16.6. The Labute approximate surface area is 146 Å². The van der Waals surface area contributed by atoms with E-state index in [0.717, 1.165) is 17.9 Å². The first-order valence-corrected chi connectivity index (χ1v) is 8.10. The highest BCUT2D eigenvalue weighted by molar-refractivity contribution is 6.06. The van der Waals surface area contributed by atoms with Gasteiger partial charge in [0.1, 0.15) is 17.5 Å². The number of methoxy groups -OCH3 is 1. The Bertz CT molecular complexity index is 741. The van der Waals surface area contributed by atoms with Crippen LogP contribution in [0.5, 0.6) is 11.5 Å². The molecule has 0 radical (unpaired) electrons. The van der Waals surface area contributed by atoms with E-state index < -0.39 is 6.04 Å². The van der Waals surface area contributed by atoms with Crippen molar-refractivity contribution < 1.29 is 19.1 Å². The molecular formula is C19H20N2O4. The number of carbonyl (C=O) groups is 2. The van der Waals surface area contributed by atoms with E-state index in [9.17, 15) is 9.59 Å². The number of ether oxygens (including phenoxy) is 2. The van der Waals surface area contributed by atoms with Crippen molar-refractivity contribution in [3.63, 3.8) is 0 Å². The third kappa shape index (κ3) is 4.58. The van der Waals surface area contributed by atoms with Crippen LogP contribution in [0.4, 0.5) is 5.69 Å². The zero-order chi connectivity index (χ0) is 17.6. The fraction of sp³-hybridized carbons (Fsp3) is 0.263. The van der Waals surface area contributed by atoms with Gasteiger partial charge in [0, 0.05) is 12.8 Å². The molecule has 1 aliphatic heterocycles. The number of rotatable bonds is 7. The van der Waals surface area contributed by atoms with Crippen molar-refractivity contribution in [2.24, 2.45) is 0 Å². The Balaban J connectivity index is 1.57. The summed E-state index contributed by atoms with van der Waals surface area (Å²) in [6, 6.07) is 14.6. The molecule has 0 spiro atoms. The lowest BCUT2D eigenvalue weighted by Crippen LogP contribution is -2.29. The van der Waals surface area contributed by atoms with Crippen LogP contribution in [-0.2, 0) is 20.7 Å². The smallest absolute Gasteiger partial charge is 0.249 e. The van der Waals surface area contributed by atoms with Gasteiger partial charge in [-0.1, -0.05) is 12.1 Å². The molecule has 0 aromatic heterocycles. The molecule has 1 unspecified atom stereocenters. The summed E-state index contributed by atoms with van der Waals surface area (Å²) in [6.45, 7) is 0.694. The van der Waals surface area contributed by atoms with Crippen LogP contribution < -0.4 is 15.4 Å². The zero-order valence-electron chi connectivity index (χ0n) is 14.0. The number of carbonyl (C=O) groups excluding carboxylic acids is 2. The topological polar surface area (TPSA) is 76.7 Å². The SMILES string of the molecule is COCCc1ccc(Oc2ccc(NC3CC(=O)NC3=O)cc2)cc1. The lowest BCUT2D eigenvalue weighted by molar-refractivity contribution is -0.124. The molecule has 1 aliphatic rings. The summed E-state index contributed by atoms with van der Waals surface area (Å²) >= 11 is 0. The summed E-state index contributed by atoms with van der Waals surface area (Å²) < 4.78 is 10.9. The largest absolute Gasteiger partial charge is 0.457 e. The molecule has 25 heavy (non-hydrogen) atoms. The van der Waals surface area contributed by atoms with Crippen molar-refractivity contribution in [2.75, 3.05) is 19.0 Å². The van der Waals surface area contributed by atoms with E-state index in [4.69, 9.17) is 9.47 Å². The van der Waals surface area contributed by atoms with Gasteiger partial charge in [-0.05, 0) is 48.4 Å². The number of hydrogen-bond donors (Lipinski definition) is 2. The summed E-state index contributed by atoms with van der Waals surface area (Å²) in [5, 5.41) is 5.31. The third-order valence-electron chi connectivity index (χ3n) is 3.92. The highest BCUT2D eigenvalue weighted by Gasteiger charge is 2.30. The van der Waals surface area contributed by atoms with E-state index in [-0.39, 0.29) is 18.2 Å². The predicted octanol–water partition coefficient (Wildman–Crippen LogP) is 2.49. The average Bonchev–Trinajstić information content (AvgIpc) is 2.93. The van der Waals surface area contributed by atoms with Crippen molar-refractivity contribution in [1.82, 2.24) is 5.32 Å². The monoisotopic (exact) mass is 340 g/mol. The van der Waals surface area contributed by atoms with E-state index >= 15 is 0 Å². The molecule has 6 heteroatoms. The van der Waals surface area contributed by atoms with E-state index in [1.165, 1.54) is 5.56 Å². The Hall–Kier alpha value is -2.86. The lowest BCUT2D eigenvalue weighted by atomic mass is 10.1. The maximum absolute atomic E-state index is 11.6. The van der Waals surface area contributed by atoms with Gasteiger partial charge in [-0.2, -0.15) is 0 Å². The Morgan fingerprint density at radius 1 is 1.04 bits per heavy atom.